The van der Waals surface area contributed by atoms with Gasteiger partial charge in [-0.25, -0.2) is 0 Å². The summed E-state index contributed by atoms with van der Waals surface area (Å²) in [6.45, 7) is 0.660. The quantitative estimate of drug-likeness (QED) is 0.785. The molecular formula is C12H12Br2ClNO. The molecule has 0 radical (unpaired) electrons. The number of benzene rings is 1. The van der Waals surface area contributed by atoms with Crippen LogP contribution < -0.4 is 5.32 Å². The molecule has 1 aromatic rings. The van der Waals surface area contributed by atoms with Crippen molar-refractivity contribution >= 4 is 49.4 Å². The van der Waals surface area contributed by atoms with Crippen LogP contribution in [-0.4, -0.2) is 17.3 Å². The van der Waals surface area contributed by atoms with Crippen LogP contribution in [0.5, 0.6) is 0 Å². The number of hydrogen-bond donors (Lipinski definition) is 1. The number of halogens is 3. The van der Waals surface area contributed by atoms with Crippen LogP contribution >= 0.6 is 43.5 Å². The lowest BCUT2D eigenvalue weighted by molar-refractivity contribution is 0.0953. The minimum atomic E-state index is -0.0849. The first-order valence-electron chi connectivity index (χ1n) is 5.44. The average molecular weight is 381 g/mol. The molecule has 0 bridgehead atoms. The fraction of sp³-hybridized carbons (Fsp3) is 0.417. The maximum Gasteiger partial charge on any atom is 0.251 e. The molecule has 17 heavy (non-hydrogen) atoms. The third-order valence-electron chi connectivity index (χ3n) is 2.72. The van der Waals surface area contributed by atoms with Gasteiger partial charge in [-0.05, 0) is 37.0 Å². The van der Waals surface area contributed by atoms with E-state index >= 15 is 0 Å². The molecule has 1 amide bonds. The predicted octanol–water partition coefficient (Wildman–Crippen LogP) is 4.01. The van der Waals surface area contributed by atoms with Gasteiger partial charge in [0.1, 0.15) is 0 Å². The Kier molecular flexibility index (Phi) is 4.50. The zero-order valence-corrected chi connectivity index (χ0v) is 13.0. The maximum atomic E-state index is 11.9. The van der Waals surface area contributed by atoms with Gasteiger partial charge in [0, 0.05) is 26.4 Å². The van der Waals surface area contributed by atoms with Crippen molar-refractivity contribution in [3.05, 3.63) is 33.3 Å². The van der Waals surface area contributed by atoms with Crippen LogP contribution in [0.2, 0.25) is 5.02 Å². The van der Waals surface area contributed by atoms with Gasteiger partial charge in [-0.3, -0.25) is 4.79 Å². The zero-order valence-electron chi connectivity index (χ0n) is 9.05. The van der Waals surface area contributed by atoms with Gasteiger partial charge in [0.05, 0.1) is 0 Å². The normalized spacial score (nSPS) is 16.6. The van der Waals surface area contributed by atoms with Gasteiger partial charge in [-0.15, -0.1) is 0 Å². The van der Waals surface area contributed by atoms with Gasteiger partial charge in [0.25, 0.3) is 5.91 Å². The molecule has 1 fully saturated rings. The van der Waals surface area contributed by atoms with Crippen LogP contribution in [0.3, 0.4) is 0 Å². The van der Waals surface area contributed by atoms with E-state index in [4.69, 9.17) is 11.6 Å². The predicted molar refractivity (Wildman–Crippen MR) is 76.9 cm³/mol. The van der Waals surface area contributed by atoms with Gasteiger partial charge < -0.3 is 5.32 Å². The largest absolute Gasteiger partial charge is 0.351 e. The van der Waals surface area contributed by atoms with Crippen LogP contribution in [0, 0.1) is 5.92 Å². The molecule has 1 N–H and O–H groups in total. The highest BCUT2D eigenvalue weighted by atomic mass is 79.9. The van der Waals surface area contributed by atoms with Crippen molar-refractivity contribution in [2.75, 3.05) is 6.54 Å². The lowest BCUT2D eigenvalue weighted by Crippen LogP contribution is -2.30. The molecule has 2 rings (SSSR count). The standard InChI is InChI=1S/C12H12Br2ClNO/c13-9-3-8(4-10(15)5-9)12(17)16-6-11(14)7-1-2-7/h3-5,7,11H,1-2,6H2,(H,16,17). The summed E-state index contributed by atoms with van der Waals surface area (Å²) in [5, 5.41) is 3.47. The summed E-state index contributed by atoms with van der Waals surface area (Å²) < 4.78 is 0.813. The van der Waals surface area contributed by atoms with Crippen LogP contribution in [-0.2, 0) is 0 Å². The van der Waals surface area contributed by atoms with E-state index in [1.54, 1.807) is 18.2 Å². The fourth-order valence-electron chi connectivity index (χ4n) is 1.60. The van der Waals surface area contributed by atoms with E-state index < -0.39 is 0 Å². The number of nitrogens with one attached hydrogen (secondary N) is 1. The van der Waals surface area contributed by atoms with Gasteiger partial charge in [0.15, 0.2) is 0 Å². The molecule has 0 saturated heterocycles. The summed E-state index contributed by atoms with van der Waals surface area (Å²) in [5.41, 5.74) is 0.583. The smallest absolute Gasteiger partial charge is 0.251 e. The lowest BCUT2D eigenvalue weighted by Gasteiger charge is -2.10. The molecule has 1 unspecified atom stereocenters. The molecule has 0 heterocycles. The summed E-state index contributed by atoms with van der Waals surface area (Å²) in [5.74, 6) is 0.639. The molecule has 1 aliphatic carbocycles. The number of alkyl halides is 1. The molecule has 92 valence electrons. The Morgan fingerprint density at radius 1 is 1.47 bits per heavy atom. The highest BCUT2D eigenvalue weighted by Crippen LogP contribution is 2.36. The van der Waals surface area contributed by atoms with Crippen molar-refractivity contribution in [3.8, 4) is 0 Å². The van der Waals surface area contributed by atoms with E-state index in [0.29, 0.717) is 22.0 Å². The van der Waals surface area contributed by atoms with E-state index in [0.717, 1.165) is 10.4 Å². The van der Waals surface area contributed by atoms with Crippen LogP contribution in [0.25, 0.3) is 0 Å². The molecule has 0 aromatic heterocycles. The van der Waals surface area contributed by atoms with Crippen LogP contribution in [0.1, 0.15) is 23.2 Å². The first kappa shape index (κ1) is 13.4. The number of hydrogen-bond acceptors (Lipinski definition) is 1. The fourth-order valence-corrected chi connectivity index (χ4v) is 3.15. The average Bonchev–Trinajstić information content (AvgIpc) is 3.07. The zero-order chi connectivity index (χ0) is 12.4. The van der Waals surface area contributed by atoms with Gasteiger partial charge in [-0.2, -0.15) is 0 Å². The Hall–Kier alpha value is -0.0600. The van der Waals surface area contributed by atoms with E-state index in [1.807, 2.05) is 0 Å². The number of amides is 1. The third-order valence-corrected chi connectivity index (χ3v) is 4.46. The van der Waals surface area contributed by atoms with Crippen LogP contribution in [0.4, 0.5) is 0 Å². The SMILES string of the molecule is O=C(NCC(Br)C1CC1)c1cc(Cl)cc(Br)c1. The minimum Gasteiger partial charge on any atom is -0.351 e. The monoisotopic (exact) mass is 379 g/mol. The summed E-state index contributed by atoms with van der Waals surface area (Å²) in [7, 11) is 0. The molecule has 1 saturated carbocycles. The Labute approximate surface area is 122 Å². The van der Waals surface area contributed by atoms with Crippen molar-refractivity contribution in [2.45, 2.75) is 17.7 Å². The second-order valence-corrected chi connectivity index (χ2v) is 6.75. The highest BCUT2D eigenvalue weighted by molar-refractivity contribution is 9.10. The first-order chi connectivity index (χ1) is 8.06. The van der Waals surface area contributed by atoms with Gasteiger partial charge in [-0.1, -0.05) is 43.5 Å². The Morgan fingerprint density at radius 3 is 2.76 bits per heavy atom. The second-order valence-electron chi connectivity index (χ2n) is 4.22. The van der Waals surface area contributed by atoms with Gasteiger partial charge >= 0.3 is 0 Å². The number of carbonyl (C=O) groups is 1. The van der Waals surface area contributed by atoms with Crippen molar-refractivity contribution in [3.63, 3.8) is 0 Å². The van der Waals surface area contributed by atoms with E-state index in [2.05, 4.69) is 37.2 Å². The molecule has 0 spiro atoms. The van der Waals surface area contributed by atoms with E-state index in [1.165, 1.54) is 12.8 Å². The molecule has 1 atom stereocenters. The summed E-state index contributed by atoms with van der Waals surface area (Å²) in [6.07, 6.45) is 2.52. The van der Waals surface area contributed by atoms with Crippen molar-refractivity contribution < 1.29 is 4.79 Å². The van der Waals surface area contributed by atoms with E-state index in [-0.39, 0.29) is 5.91 Å². The minimum absolute atomic E-state index is 0.0849. The first-order valence-corrected chi connectivity index (χ1v) is 7.53. The van der Waals surface area contributed by atoms with Crippen molar-refractivity contribution in [1.29, 1.82) is 0 Å². The molecular weight excluding hydrogens is 369 g/mol. The van der Waals surface area contributed by atoms with E-state index in [9.17, 15) is 4.79 Å². The van der Waals surface area contributed by atoms with Crippen molar-refractivity contribution in [2.24, 2.45) is 5.92 Å². The molecule has 5 heteroatoms. The van der Waals surface area contributed by atoms with Gasteiger partial charge in [0.2, 0.25) is 0 Å². The third kappa shape index (κ3) is 3.97. The molecule has 1 aliphatic rings. The van der Waals surface area contributed by atoms with Crippen LogP contribution in [0.15, 0.2) is 22.7 Å². The highest BCUT2D eigenvalue weighted by Gasteiger charge is 2.29. The van der Waals surface area contributed by atoms with Crippen molar-refractivity contribution in [1.82, 2.24) is 5.32 Å². The number of rotatable bonds is 4. The topological polar surface area (TPSA) is 29.1 Å². The number of carbonyl (C=O) groups excluding carboxylic acids is 1. The lowest BCUT2D eigenvalue weighted by atomic mass is 10.2. The molecule has 0 aliphatic heterocycles. The Bertz CT molecular complexity index is 414. The summed E-state index contributed by atoms with van der Waals surface area (Å²) >= 11 is 12.8. The second kappa shape index (κ2) is 5.72. The summed E-state index contributed by atoms with van der Waals surface area (Å²) in [4.78, 5) is 12.3. The Balaban J connectivity index is 1.94. The summed E-state index contributed by atoms with van der Waals surface area (Å²) in [6, 6.07) is 5.19. The molecule has 2 nitrogen and oxygen atoms in total. The maximum absolute atomic E-state index is 11.9. The Morgan fingerprint density at radius 2 is 2.18 bits per heavy atom. The molecule has 1 aromatic carbocycles.